The first kappa shape index (κ1) is 32.5. The van der Waals surface area contributed by atoms with Gasteiger partial charge in [-0.15, -0.1) is 11.3 Å². The summed E-state index contributed by atoms with van der Waals surface area (Å²) in [6.07, 6.45) is 4.87. The number of fused-ring (bicyclic) bond motifs is 3. The molecular weight excluding hydrogens is 532 g/mol. The average Bonchev–Trinajstić information content (AvgIpc) is 3.33. The second-order valence-corrected chi connectivity index (χ2v) is 6.37. The van der Waals surface area contributed by atoms with Gasteiger partial charge in [0, 0.05) is 19.2 Å². The van der Waals surface area contributed by atoms with E-state index in [1.54, 1.807) is 6.92 Å². The lowest BCUT2D eigenvalue weighted by Crippen LogP contribution is -2.06. The van der Waals surface area contributed by atoms with Crippen molar-refractivity contribution in [1.29, 1.82) is 16.1 Å². The smallest absolute Gasteiger partial charge is 0.177 e. The molecule has 12 heteroatoms. The molecule has 3 rings (SSSR count). The SMILES string of the molecule is C#CC#CC#CC#CC#CC#CC#CC.CCO/N=C1\c2ccccc2-c2nc(C#N)c(C#N)nc21.N=N/N=N/N=O.[HH].[HH]. The fourth-order valence-electron chi connectivity index (χ4n) is 2.61. The van der Waals surface area contributed by atoms with Gasteiger partial charge >= 0.3 is 0 Å². The zero-order valence-corrected chi connectivity index (χ0v) is 21.9. The van der Waals surface area contributed by atoms with Crippen molar-refractivity contribution in [3.05, 3.63) is 51.8 Å². The first-order valence-electron chi connectivity index (χ1n) is 11.1. The van der Waals surface area contributed by atoms with Crippen molar-refractivity contribution in [2.24, 2.45) is 26.1 Å². The Kier molecular flexibility index (Phi) is 15.9. The first-order chi connectivity index (χ1) is 20.6. The lowest BCUT2D eigenvalue weighted by atomic mass is 10.1. The monoisotopic (exact) mass is 550 g/mol. The number of nitrogens with one attached hydrogen (secondary N) is 1. The highest BCUT2D eigenvalue weighted by Gasteiger charge is 2.30. The lowest BCUT2D eigenvalue weighted by Gasteiger charge is -2.01. The molecule has 0 aliphatic heterocycles. The summed E-state index contributed by atoms with van der Waals surface area (Å²) < 4.78 is 0. The number of oxime groups is 1. The van der Waals surface area contributed by atoms with Gasteiger partial charge in [-0.1, -0.05) is 35.3 Å². The molecule has 1 aromatic heterocycles. The van der Waals surface area contributed by atoms with Gasteiger partial charge in [0.2, 0.25) is 0 Å². The van der Waals surface area contributed by atoms with E-state index in [0.29, 0.717) is 23.7 Å². The van der Waals surface area contributed by atoms with Crippen LogP contribution < -0.4 is 0 Å². The quantitative estimate of drug-likeness (QED) is 0.219. The molecule has 2 aromatic rings. The normalized spacial score (nSPS) is 9.17. The zero-order valence-electron chi connectivity index (χ0n) is 21.9. The topological polar surface area (TPSA) is 185 Å². The standard InChI is InChI=1S/C15H9N5O.C15H4.HN5O.2H2/c1-2-21-20-14-10-6-4-3-5-9(10)13-15(14)19-12(8-17)11(7-16)18-13;1-3-5-7-9-11-13-15-14-12-10-8-6-4-2;1-2-3-4-5-6;;/h3-6H,2H2,1H3;1H,2H3;1H;2*1H/b20-14+;;2-1?,4-3+;;. The predicted octanol–water partition coefficient (Wildman–Crippen LogP) is 4.21. The highest BCUT2D eigenvalue weighted by atomic mass is 16.6. The van der Waals surface area contributed by atoms with E-state index in [2.05, 4.69) is 108 Å². The molecule has 0 spiro atoms. The molecule has 0 saturated carbocycles. The fourth-order valence-corrected chi connectivity index (χ4v) is 2.61. The van der Waals surface area contributed by atoms with Crippen molar-refractivity contribution in [2.75, 3.05) is 6.61 Å². The summed E-state index contributed by atoms with van der Waals surface area (Å²) >= 11 is 0. The van der Waals surface area contributed by atoms with Crippen LogP contribution in [0.3, 0.4) is 0 Å². The highest BCUT2D eigenvalue weighted by molar-refractivity contribution is 6.22. The maximum atomic E-state index is 9.09. The number of nitroso groups, excluding NO2 is 1. The average molecular weight is 551 g/mol. The lowest BCUT2D eigenvalue weighted by molar-refractivity contribution is 0.159. The molecule has 1 aliphatic rings. The van der Waals surface area contributed by atoms with Crippen LogP contribution in [0.5, 0.6) is 0 Å². The van der Waals surface area contributed by atoms with Crippen molar-refractivity contribution in [3.8, 4) is 107 Å². The van der Waals surface area contributed by atoms with Gasteiger partial charge in [0.25, 0.3) is 0 Å². The van der Waals surface area contributed by atoms with E-state index < -0.39 is 0 Å². The Hall–Kier alpha value is -7.53. The largest absolute Gasteiger partial charge is 0.396 e. The summed E-state index contributed by atoms with van der Waals surface area (Å²) in [4.78, 5) is 22.5. The molecular formula is C30H18N10O2. The minimum atomic E-state index is -0.00625. The Morgan fingerprint density at radius 3 is 1.83 bits per heavy atom. The number of hydrogen-bond acceptors (Lipinski definition) is 8. The van der Waals surface area contributed by atoms with Gasteiger partial charge in [-0.05, 0) is 95.3 Å². The van der Waals surface area contributed by atoms with Gasteiger partial charge in [0.05, 0.1) is 0 Å². The fraction of sp³-hybridized carbons (Fsp3) is 0.100. The number of aromatic nitrogens is 2. The Bertz CT molecular complexity index is 1920. The summed E-state index contributed by atoms with van der Waals surface area (Å²) in [6, 6.07) is 11.3. The van der Waals surface area contributed by atoms with Crippen molar-refractivity contribution in [1.82, 2.24) is 9.97 Å². The van der Waals surface area contributed by atoms with Crippen LogP contribution in [0, 0.1) is 116 Å². The maximum Gasteiger partial charge on any atom is 0.177 e. The van der Waals surface area contributed by atoms with Crippen LogP contribution in [-0.2, 0) is 4.84 Å². The summed E-state index contributed by atoms with van der Waals surface area (Å²) in [5.41, 5.74) is 9.11. The molecule has 42 heavy (non-hydrogen) atoms. The summed E-state index contributed by atoms with van der Waals surface area (Å²) in [6.45, 7) is 3.96. The number of rotatable bonds is 4. The van der Waals surface area contributed by atoms with Gasteiger partial charge in [0.15, 0.2) is 11.4 Å². The zero-order chi connectivity index (χ0) is 30.8. The van der Waals surface area contributed by atoms with E-state index in [9.17, 15) is 0 Å². The van der Waals surface area contributed by atoms with Crippen molar-refractivity contribution in [2.45, 2.75) is 13.8 Å². The highest BCUT2D eigenvalue weighted by Crippen LogP contribution is 2.34. The maximum absolute atomic E-state index is 9.09. The van der Waals surface area contributed by atoms with Gasteiger partial charge in [0.1, 0.15) is 41.1 Å². The Balaban J connectivity index is 0. The molecule has 0 fully saturated rings. The molecule has 0 radical (unpaired) electrons. The van der Waals surface area contributed by atoms with Crippen LogP contribution >= 0.6 is 0 Å². The van der Waals surface area contributed by atoms with E-state index >= 15 is 0 Å². The van der Waals surface area contributed by atoms with Crippen LogP contribution in [0.25, 0.3) is 11.3 Å². The molecule has 0 unspecified atom stereocenters. The first-order valence-corrected chi connectivity index (χ1v) is 11.1. The third-order valence-electron chi connectivity index (χ3n) is 4.00. The number of hydrogen-bond donors (Lipinski definition) is 1. The summed E-state index contributed by atoms with van der Waals surface area (Å²) in [5, 5.41) is 31.5. The molecule has 1 aliphatic carbocycles. The second-order valence-electron chi connectivity index (χ2n) is 6.37. The predicted molar refractivity (Wildman–Crippen MR) is 155 cm³/mol. The molecule has 1 aromatic carbocycles. The number of nitrogens with zero attached hydrogens (tertiary/aromatic N) is 9. The van der Waals surface area contributed by atoms with E-state index in [-0.39, 0.29) is 14.2 Å². The van der Waals surface area contributed by atoms with Crippen molar-refractivity contribution >= 4 is 5.71 Å². The molecule has 1 heterocycles. The van der Waals surface area contributed by atoms with Crippen LogP contribution in [0.2, 0.25) is 0 Å². The molecule has 12 nitrogen and oxygen atoms in total. The van der Waals surface area contributed by atoms with Gasteiger partial charge in [-0.25, -0.2) is 9.97 Å². The van der Waals surface area contributed by atoms with E-state index in [0.717, 1.165) is 11.1 Å². The van der Waals surface area contributed by atoms with Gasteiger partial charge in [-0.2, -0.15) is 16.1 Å². The minimum Gasteiger partial charge on any atom is -0.396 e. The number of benzene rings is 1. The Labute approximate surface area is 244 Å². The Morgan fingerprint density at radius 2 is 1.38 bits per heavy atom. The second kappa shape index (κ2) is 20.5. The van der Waals surface area contributed by atoms with Crippen molar-refractivity contribution < 1.29 is 7.69 Å². The van der Waals surface area contributed by atoms with Gasteiger partial charge < -0.3 is 4.84 Å². The van der Waals surface area contributed by atoms with Crippen LogP contribution in [0.4, 0.5) is 0 Å². The minimum absolute atomic E-state index is 0. The molecule has 0 amide bonds. The number of nitriles is 2. The summed E-state index contributed by atoms with van der Waals surface area (Å²) in [5.74, 6) is 31.9. The Morgan fingerprint density at radius 1 is 0.857 bits per heavy atom. The van der Waals surface area contributed by atoms with E-state index in [4.69, 9.17) is 32.2 Å². The number of terminal acetylenes is 1. The van der Waals surface area contributed by atoms with E-state index in [1.165, 1.54) is 0 Å². The van der Waals surface area contributed by atoms with Crippen LogP contribution in [-0.4, -0.2) is 22.3 Å². The van der Waals surface area contributed by atoms with Crippen LogP contribution in [0.1, 0.15) is 39.3 Å². The molecule has 0 saturated heterocycles. The van der Waals surface area contributed by atoms with Crippen LogP contribution in [0.15, 0.2) is 50.4 Å². The van der Waals surface area contributed by atoms with Crippen molar-refractivity contribution in [3.63, 3.8) is 0 Å². The molecule has 0 bridgehead atoms. The molecule has 200 valence electrons. The molecule has 1 N–H and O–H groups in total. The van der Waals surface area contributed by atoms with Gasteiger partial charge in [-0.3, -0.25) is 0 Å². The summed E-state index contributed by atoms with van der Waals surface area (Å²) in [7, 11) is 0. The third-order valence-corrected chi connectivity index (χ3v) is 4.00. The third kappa shape index (κ3) is 10.8. The molecule has 0 atom stereocenters. The van der Waals surface area contributed by atoms with E-state index in [1.807, 2.05) is 48.6 Å².